The van der Waals surface area contributed by atoms with E-state index in [0.717, 1.165) is 11.0 Å². The van der Waals surface area contributed by atoms with Crippen LogP contribution in [0.1, 0.15) is 20.7 Å². The molecule has 0 radical (unpaired) electrons. The highest BCUT2D eigenvalue weighted by atomic mass is 79.9. The monoisotopic (exact) mass is 380 g/mol. The summed E-state index contributed by atoms with van der Waals surface area (Å²) in [7, 11) is 0. The van der Waals surface area contributed by atoms with Gasteiger partial charge in [0.2, 0.25) is 0 Å². The van der Waals surface area contributed by atoms with E-state index in [4.69, 9.17) is 11.6 Å². The Morgan fingerprint density at radius 3 is 2.36 bits per heavy atom. The molecule has 1 aliphatic rings. The molecule has 2 aromatic carbocycles. The van der Waals surface area contributed by atoms with Gasteiger partial charge in [-0.15, -0.1) is 0 Å². The Morgan fingerprint density at radius 1 is 1.05 bits per heavy atom. The van der Waals surface area contributed by atoms with Gasteiger partial charge in [-0.25, -0.2) is 4.90 Å². The molecule has 0 fully saturated rings. The Balaban J connectivity index is 2.09. The van der Waals surface area contributed by atoms with Crippen LogP contribution in [0.5, 0.6) is 0 Å². The van der Waals surface area contributed by atoms with Gasteiger partial charge in [-0.05, 0) is 24.3 Å². The molecule has 2 amide bonds. The lowest BCUT2D eigenvalue weighted by molar-refractivity contribution is -0.384. The van der Waals surface area contributed by atoms with E-state index in [9.17, 15) is 19.7 Å². The van der Waals surface area contributed by atoms with Crippen molar-refractivity contribution in [2.45, 2.75) is 0 Å². The third-order valence-electron chi connectivity index (χ3n) is 3.23. The molecule has 6 nitrogen and oxygen atoms in total. The molecule has 8 heteroatoms. The molecule has 110 valence electrons. The van der Waals surface area contributed by atoms with Crippen molar-refractivity contribution in [1.29, 1.82) is 0 Å². The molecule has 0 aliphatic carbocycles. The normalized spacial score (nSPS) is 13.5. The predicted molar refractivity (Wildman–Crippen MR) is 83.4 cm³/mol. The number of fused-ring (bicyclic) bond motifs is 1. The van der Waals surface area contributed by atoms with Gasteiger partial charge in [0.05, 0.1) is 26.8 Å². The SMILES string of the molecule is O=C1c2ccc(Br)cc2C(=O)N1c1ccc([N+](=O)[O-])cc1Cl. The van der Waals surface area contributed by atoms with Gasteiger partial charge >= 0.3 is 0 Å². The van der Waals surface area contributed by atoms with E-state index in [1.807, 2.05) is 0 Å². The zero-order valence-corrected chi connectivity index (χ0v) is 13.1. The Labute approximate surface area is 137 Å². The molecular weight excluding hydrogens is 376 g/mol. The number of halogens is 2. The molecule has 0 aromatic heterocycles. The maximum atomic E-state index is 12.4. The van der Waals surface area contributed by atoms with E-state index < -0.39 is 16.7 Å². The number of nitro groups is 1. The zero-order chi connectivity index (χ0) is 16.0. The summed E-state index contributed by atoms with van der Waals surface area (Å²) in [6, 6.07) is 8.34. The highest BCUT2D eigenvalue weighted by Crippen LogP contribution is 2.35. The minimum Gasteiger partial charge on any atom is -0.268 e. The Morgan fingerprint density at radius 2 is 1.73 bits per heavy atom. The van der Waals surface area contributed by atoms with Crippen molar-refractivity contribution in [3.05, 3.63) is 67.1 Å². The van der Waals surface area contributed by atoms with E-state index in [1.54, 1.807) is 18.2 Å². The number of nitrogens with zero attached hydrogens (tertiary/aromatic N) is 2. The van der Waals surface area contributed by atoms with Crippen molar-refractivity contribution in [3.63, 3.8) is 0 Å². The summed E-state index contributed by atoms with van der Waals surface area (Å²) in [5.41, 5.74) is 0.430. The largest absolute Gasteiger partial charge is 0.271 e. The fraction of sp³-hybridized carbons (Fsp3) is 0. The highest BCUT2D eigenvalue weighted by Gasteiger charge is 2.37. The number of carbonyl (C=O) groups excluding carboxylic acids is 2. The second-order valence-electron chi connectivity index (χ2n) is 4.53. The van der Waals surface area contributed by atoms with Gasteiger partial charge in [0.1, 0.15) is 0 Å². The third-order valence-corrected chi connectivity index (χ3v) is 4.03. The van der Waals surface area contributed by atoms with Crippen LogP contribution < -0.4 is 4.90 Å². The summed E-state index contributed by atoms with van der Waals surface area (Å²) in [5, 5.41) is 10.7. The molecule has 2 aromatic rings. The van der Waals surface area contributed by atoms with Gasteiger partial charge in [0.15, 0.2) is 0 Å². The fourth-order valence-corrected chi connectivity index (χ4v) is 2.84. The van der Waals surface area contributed by atoms with E-state index in [1.165, 1.54) is 12.1 Å². The minimum atomic E-state index is -0.602. The van der Waals surface area contributed by atoms with Gasteiger partial charge in [0, 0.05) is 16.6 Å². The topological polar surface area (TPSA) is 80.5 Å². The fourth-order valence-electron chi connectivity index (χ4n) is 2.22. The lowest BCUT2D eigenvalue weighted by Crippen LogP contribution is -2.29. The van der Waals surface area contributed by atoms with Crippen LogP contribution in [0.3, 0.4) is 0 Å². The molecule has 1 aliphatic heterocycles. The van der Waals surface area contributed by atoms with Crippen LogP contribution >= 0.6 is 27.5 Å². The smallest absolute Gasteiger partial charge is 0.268 e. The van der Waals surface area contributed by atoms with Gasteiger partial charge in [-0.3, -0.25) is 19.7 Å². The molecule has 0 saturated heterocycles. The van der Waals surface area contributed by atoms with Crippen LogP contribution in [0.25, 0.3) is 0 Å². The summed E-state index contributed by atoms with van der Waals surface area (Å²) in [6.45, 7) is 0. The van der Waals surface area contributed by atoms with Crippen LogP contribution in [0, 0.1) is 10.1 Å². The molecular formula is C14H6BrClN2O4. The second-order valence-corrected chi connectivity index (χ2v) is 5.85. The standard InChI is InChI=1S/C14H6BrClN2O4/c15-7-1-3-9-10(5-7)14(20)17(13(9)19)12-4-2-8(18(21)22)6-11(12)16/h1-6H. The van der Waals surface area contributed by atoms with Gasteiger partial charge in [-0.1, -0.05) is 27.5 Å². The van der Waals surface area contributed by atoms with E-state index >= 15 is 0 Å². The first-order valence-electron chi connectivity index (χ1n) is 6.02. The molecule has 0 spiro atoms. The van der Waals surface area contributed by atoms with Crippen LogP contribution in [-0.2, 0) is 0 Å². The van der Waals surface area contributed by atoms with Gasteiger partial charge < -0.3 is 0 Å². The number of hydrogen-bond donors (Lipinski definition) is 0. The third kappa shape index (κ3) is 2.18. The van der Waals surface area contributed by atoms with Crippen molar-refractivity contribution in [3.8, 4) is 0 Å². The van der Waals surface area contributed by atoms with Crippen LogP contribution in [0.15, 0.2) is 40.9 Å². The van der Waals surface area contributed by atoms with E-state index in [0.29, 0.717) is 4.47 Å². The summed E-state index contributed by atoms with van der Waals surface area (Å²) in [4.78, 5) is 35.9. The zero-order valence-electron chi connectivity index (χ0n) is 10.7. The van der Waals surface area contributed by atoms with Crippen LogP contribution in [0.4, 0.5) is 11.4 Å². The van der Waals surface area contributed by atoms with Crippen molar-refractivity contribution in [2.75, 3.05) is 4.90 Å². The van der Waals surface area contributed by atoms with Crippen molar-refractivity contribution < 1.29 is 14.5 Å². The summed E-state index contributed by atoms with van der Waals surface area (Å²) in [6.07, 6.45) is 0. The number of rotatable bonds is 2. The second kappa shape index (κ2) is 5.19. The van der Waals surface area contributed by atoms with Crippen molar-refractivity contribution in [1.82, 2.24) is 0 Å². The number of nitro benzene ring substituents is 1. The molecule has 22 heavy (non-hydrogen) atoms. The molecule has 0 bridgehead atoms. The molecule has 3 rings (SSSR count). The highest BCUT2D eigenvalue weighted by molar-refractivity contribution is 9.10. The first-order chi connectivity index (χ1) is 10.4. The first-order valence-corrected chi connectivity index (χ1v) is 7.19. The number of carbonyl (C=O) groups is 2. The number of hydrogen-bond acceptors (Lipinski definition) is 4. The first kappa shape index (κ1) is 14.7. The maximum absolute atomic E-state index is 12.4. The minimum absolute atomic E-state index is 0.0391. The summed E-state index contributed by atoms with van der Waals surface area (Å²) in [5.74, 6) is -1.03. The predicted octanol–water partition coefficient (Wildman–Crippen LogP) is 3.81. The molecule has 0 atom stereocenters. The lowest BCUT2D eigenvalue weighted by atomic mass is 10.1. The Bertz CT molecular complexity index is 853. The molecule has 0 unspecified atom stereocenters. The van der Waals surface area contributed by atoms with Crippen molar-refractivity contribution in [2.24, 2.45) is 0 Å². The van der Waals surface area contributed by atoms with E-state index in [-0.39, 0.29) is 27.5 Å². The number of amides is 2. The average Bonchev–Trinajstić information content (AvgIpc) is 2.71. The van der Waals surface area contributed by atoms with Crippen LogP contribution in [-0.4, -0.2) is 16.7 Å². The van der Waals surface area contributed by atoms with Crippen molar-refractivity contribution >= 4 is 50.7 Å². The van der Waals surface area contributed by atoms with E-state index in [2.05, 4.69) is 15.9 Å². The lowest BCUT2D eigenvalue weighted by Gasteiger charge is -2.15. The summed E-state index contributed by atoms with van der Waals surface area (Å²) < 4.78 is 0.670. The number of benzene rings is 2. The molecule has 0 N–H and O–H groups in total. The Hall–Kier alpha value is -2.25. The summed E-state index contributed by atoms with van der Waals surface area (Å²) >= 11 is 9.24. The number of non-ortho nitro benzene ring substituents is 1. The number of imide groups is 1. The molecule has 0 saturated carbocycles. The maximum Gasteiger partial charge on any atom is 0.271 e. The van der Waals surface area contributed by atoms with Gasteiger partial charge in [0.25, 0.3) is 17.5 Å². The Kier molecular flexibility index (Phi) is 3.46. The quantitative estimate of drug-likeness (QED) is 0.450. The number of anilines is 1. The molecule has 1 heterocycles. The average molecular weight is 382 g/mol. The van der Waals surface area contributed by atoms with Crippen LogP contribution in [0.2, 0.25) is 5.02 Å². The van der Waals surface area contributed by atoms with Gasteiger partial charge in [-0.2, -0.15) is 0 Å².